The molecule has 2 aliphatic rings. The predicted molar refractivity (Wildman–Crippen MR) is 136 cm³/mol. The minimum atomic E-state index is 0. The Morgan fingerprint density at radius 2 is 1.87 bits per heavy atom. The molecule has 2 fully saturated rings. The molecule has 2 saturated heterocycles. The Morgan fingerprint density at radius 3 is 2.55 bits per heavy atom. The first kappa shape index (κ1) is 26.2. The second kappa shape index (κ2) is 14.1. The van der Waals surface area contributed by atoms with E-state index in [1.165, 1.54) is 0 Å². The number of hydrogen-bond donors (Lipinski definition) is 1. The van der Waals surface area contributed by atoms with E-state index in [4.69, 9.17) is 21.3 Å². The van der Waals surface area contributed by atoms with Crippen molar-refractivity contribution < 1.29 is 9.53 Å². The van der Waals surface area contributed by atoms with Gasteiger partial charge in [0.25, 0.3) is 0 Å². The number of nitrogens with one attached hydrogen (secondary N) is 1. The standard InChI is InChI=1S/C22H34ClN5O2.HI/c1-2-24-22(25-9-3-4-10-26-13-15-30-16-14-26)28-12-11-27(21(29)18-28)17-19-5-7-20(23)8-6-19;/h5-8H,2-4,9-18H2,1H3,(H,24,25);1H. The van der Waals surface area contributed by atoms with Gasteiger partial charge < -0.3 is 19.9 Å². The first-order valence-electron chi connectivity index (χ1n) is 11.0. The van der Waals surface area contributed by atoms with Gasteiger partial charge in [-0.1, -0.05) is 23.7 Å². The van der Waals surface area contributed by atoms with Crippen LogP contribution in [-0.4, -0.2) is 92.1 Å². The molecule has 2 aliphatic heterocycles. The maximum Gasteiger partial charge on any atom is 0.242 e. The van der Waals surface area contributed by atoms with Crippen LogP contribution >= 0.6 is 35.6 Å². The van der Waals surface area contributed by atoms with Gasteiger partial charge in [-0.3, -0.25) is 14.7 Å². The molecule has 9 heteroatoms. The molecule has 1 amide bonds. The van der Waals surface area contributed by atoms with Crippen molar-refractivity contribution in [2.45, 2.75) is 26.3 Å². The molecule has 174 valence electrons. The summed E-state index contributed by atoms with van der Waals surface area (Å²) in [6, 6.07) is 7.69. The number of rotatable bonds is 8. The van der Waals surface area contributed by atoms with E-state index >= 15 is 0 Å². The fraction of sp³-hybridized carbons (Fsp3) is 0.636. The molecule has 7 nitrogen and oxygen atoms in total. The first-order valence-corrected chi connectivity index (χ1v) is 11.4. The zero-order valence-electron chi connectivity index (χ0n) is 18.4. The molecule has 0 radical (unpaired) electrons. The molecule has 3 rings (SSSR count). The fourth-order valence-electron chi connectivity index (χ4n) is 3.75. The van der Waals surface area contributed by atoms with E-state index in [1.807, 2.05) is 29.2 Å². The van der Waals surface area contributed by atoms with Gasteiger partial charge in [-0.15, -0.1) is 24.0 Å². The third-order valence-electron chi connectivity index (χ3n) is 5.49. The SMILES string of the molecule is CCNC(=NCCCCN1CCOCC1)N1CCN(Cc2ccc(Cl)cc2)C(=O)C1.I. The lowest BCUT2D eigenvalue weighted by Crippen LogP contribution is -2.55. The zero-order valence-corrected chi connectivity index (χ0v) is 21.5. The largest absolute Gasteiger partial charge is 0.379 e. The molecule has 0 atom stereocenters. The Kier molecular flexibility index (Phi) is 11.9. The van der Waals surface area contributed by atoms with Gasteiger partial charge in [0, 0.05) is 50.8 Å². The quantitative estimate of drug-likeness (QED) is 0.228. The summed E-state index contributed by atoms with van der Waals surface area (Å²) in [5, 5.41) is 4.06. The lowest BCUT2D eigenvalue weighted by Gasteiger charge is -2.36. The highest BCUT2D eigenvalue weighted by Gasteiger charge is 2.25. The second-order valence-corrected chi connectivity index (χ2v) is 8.20. The maximum absolute atomic E-state index is 12.7. The van der Waals surface area contributed by atoms with Gasteiger partial charge in [0.05, 0.1) is 19.8 Å². The van der Waals surface area contributed by atoms with Crippen LogP contribution in [0.25, 0.3) is 0 Å². The molecular formula is C22H35ClIN5O2. The molecule has 0 bridgehead atoms. The van der Waals surface area contributed by atoms with Gasteiger partial charge in [-0.2, -0.15) is 0 Å². The average molecular weight is 564 g/mol. The predicted octanol–water partition coefficient (Wildman–Crippen LogP) is 2.68. The number of aliphatic imine (C=N–C) groups is 1. The normalized spacial score (nSPS) is 18.1. The molecule has 0 aromatic heterocycles. The van der Waals surface area contributed by atoms with Crippen molar-refractivity contribution in [3.8, 4) is 0 Å². The number of benzene rings is 1. The molecule has 0 saturated carbocycles. The van der Waals surface area contributed by atoms with Gasteiger partial charge in [-0.25, -0.2) is 0 Å². The van der Waals surface area contributed by atoms with Crippen molar-refractivity contribution in [2.24, 2.45) is 4.99 Å². The van der Waals surface area contributed by atoms with E-state index in [0.717, 1.165) is 76.8 Å². The molecule has 1 aromatic rings. The van der Waals surface area contributed by atoms with Crippen molar-refractivity contribution in [1.82, 2.24) is 20.0 Å². The topological polar surface area (TPSA) is 60.4 Å². The fourth-order valence-corrected chi connectivity index (χ4v) is 3.88. The van der Waals surface area contributed by atoms with E-state index in [9.17, 15) is 4.79 Å². The van der Waals surface area contributed by atoms with Gasteiger partial charge in [0.15, 0.2) is 5.96 Å². The summed E-state index contributed by atoms with van der Waals surface area (Å²) in [4.78, 5) is 23.9. The Labute approximate surface area is 208 Å². The van der Waals surface area contributed by atoms with E-state index in [-0.39, 0.29) is 29.9 Å². The maximum atomic E-state index is 12.7. The molecule has 1 aromatic carbocycles. The summed E-state index contributed by atoms with van der Waals surface area (Å²) < 4.78 is 5.39. The molecule has 31 heavy (non-hydrogen) atoms. The number of piperazine rings is 1. The lowest BCUT2D eigenvalue weighted by atomic mass is 10.2. The van der Waals surface area contributed by atoms with Crippen LogP contribution in [-0.2, 0) is 16.1 Å². The Morgan fingerprint density at radius 1 is 1.13 bits per heavy atom. The number of nitrogens with zero attached hydrogens (tertiary/aromatic N) is 4. The van der Waals surface area contributed by atoms with Crippen molar-refractivity contribution in [3.05, 3.63) is 34.9 Å². The van der Waals surface area contributed by atoms with E-state index in [1.54, 1.807) is 0 Å². The van der Waals surface area contributed by atoms with Crippen molar-refractivity contribution in [1.29, 1.82) is 0 Å². The monoisotopic (exact) mass is 563 g/mol. The van der Waals surface area contributed by atoms with Crippen LogP contribution in [0.5, 0.6) is 0 Å². The highest BCUT2D eigenvalue weighted by Crippen LogP contribution is 2.14. The van der Waals surface area contributed by atoms with Crippen molar-refractivity contribution in [3.63, 3.8) is 0 Å². The number of hydrogen-bond acceptors (Lipinski definition) is 4. The number of carbonyl (C=O) groups excluding carboxylic acids is 1. The minimum absolute atomic E-state index is 0. The minimum Gasteiger partial charge on any atom is -0.379 e. The number of unbranched alkanes of at least 4 members (excludes halogenated alkanes) is 1. The summed E-state index contributed by atoms with van der Waals surface area (Å²) >= 11 is 5.95. The van der Waals surface area contributed by atoms with Gasteiger partial charge in [0.1, 0.15) is 0 Å². The molecular weight excluding hydrogens is 529 g/mol. The summed E-state index contributed by atoms with van der Waals surface area (Å²) in [5.74, 6) is 0.984. The van der Waals surface area contributed by atoms with Crippen LogP contribution in [0.15, 0.2) is 29.3 Å². The van der Waals surface area contributed by atoms with Crippen LogP contribution in [0.4, 0.5) is 0 Å². The highest BCUT2D eigenvalue weighted by molar-refractivity contribution is 14.0. The molecule has 0 aliphatic carbocycles. The number of halogens is 2. The van der Waals surface area contributed by atoms with Crippen molar-refractivity contribution >= 4 is 47.4 Å². The summed E-state index contributed by atoms with van der Waals surface area (Å²) in [6.07, 6.45) is 2.19. The van der Waals surface area contributed by atoms with Crippen LogP contribution in [0.1, 0.15) is 25.3 Å². The van der Waals surface area contributed by atoms with E-state index in [2.05, 4.69) is 22.0 Å². The highest BCUT2D eigenvalue weighted by atomic mass is 127. The smallest absolute Gasteiger partial charge is 0.242 e. The third kappa shape index (κ3) is 8.75. The van der Waals surface area contributed by atoms with Crippen molar-refractivity contribution in [2.75, 3.05) is 65.6 Å². The second-order valence-electron chi connectivity index (χ2n) is 7.76. The molecule has 2 heterocycles. The van der Waals surface area contributed by atoms with Gasteiger partial charge in [0.2, 0.25) is 5.91 Å². The van der Waals surface area contributed by atoms with Gasteiger partial charge >= 0.3 is 0 Å². The Hall–Kier alpha value is -1.10. The summed E-state index contributed by atoms with van der Waals surface area (Å²) in [5.41, 5.74) is 1.10. The van der Waals surface area contributed by atoms with Crippen LogP contribution < -0.4 is 5.32 Å². The summed E-state index contributed by atoms with van der Waals surface area (Å²) in [7, 11) is 0. The number of amides is 1. The van der Waals surface area contributed by atoms with Crippen LogP contribution in [0.2, 0.25) is 5.02 Å². The number of ether oxygens (including phenoxy) is 1. The Balaban J connectivity index is 0.00000341. The average Bonchev–Trinajstić information content (AvgIpc) is 2.76. The van der Waals surface area contributed by atoms with Crippen LogP contribution in [0.3, 0.4) is 0 Å². The Bertz CT molecular complexity index is 698. The van der Waals surface area contributed by atoms with Crippen LogP contribution in [0, 0.1) is 0 Å². The number of carbonyl (C=O) groups is 1. The number of morpholine rings is 1. The zero-order chi connectivity index (χ0) is 21.2. The summed E-state index contributed by atoms with van der Waals surface area (Å²) in [6.45, 7) is 11.0. The molecule has 0 spiro atoms. The van der Waals surface area contributed by atoms with E-state index in [0.29, 0.717) is 24.7 Å². The third-order valence-corrected chi connectivity index (χ3v) is 5.74. The number of guanidine groups is 1. The molecule has 1 N–H and O–H groups in total. The van der Waals surface area contributed by atoms with Gasteiger partial charge in [-0.05, 0) is 44.0 Å². The van der Waals surface area contributed by atoms with E-state index < -0.39 is 0 Å². The molecule has 0 unspecified atom stereocenters. The lowest BCUT2D eigenvalue weighted by molar-refractivity contribution is -0.135. The first-order chi connectivity index (χ1) is 14.7.